The summed E-state index contributed by atoms with van der Waals surface area (Å²) in [4.78, 5) is 26.9. The second kappa shape index (κ2) is 8.68. The maximum absolute atomic E-state index is 12.9. The van der Waals surface area contributed by atoms with Crippen molar-refractivity contribution in [3.05, 3.63) is 70.9 Å². The van der Waals surface area contributed by atoms with E-state index in [0.717, 1.165) is 22.6 Å². The number of rotatable bonds is 6. The largest absolute Gasteiger partial charge is 0.497 e. The van der Waals surface area contributed by atoms with Crippen LogP contribution >= 0.6 is 0 Å². The average molecular weight is 395 g/mol. The molecule has 2 amide bonds. The number of hydrogen-bond acceptors (Lipinski definition) is 5. The Balaban J connectivity index is 1.79. The van der Waals surface area contributed by atoms with Gasteiger partial charge >= 0.3 is 12.0 Å². The number of amides is 2. The highest BCUT2D eigenvalue weighted by Crippen LogP contribution is 2.29. The number of carbonyl (C=O) groups is 2. The zero-order valence-electron chi connectivity index (χ0n) is 17.0. The summed E-state index contributed by atoms with van der Waals surface area (Å²) < 4.78 is 10.7. The van der Waals surface area contributed by atoms with Gasteiger partial charge < -0.3 is 25.0 Å². The Morgan fingerprint density at radius 2 is 1.72 bits per heavy atom. The predicted octanol–water partition coefficient (Wildman–Crippen LogP) is 3.13. The summed E-state index contributed by atoms with van der Waals surface area (Å²) in [7, 11) is 5.50. The zero-order valence-corrected chi connectivity index (χ0v) is 17.0. The molecule has 0 saturated heterocycles. The molecular formula is C22H25N3O4. The molecule has 0 aliphatic carbocycles. The summed E-state index contributed by atoms with van der Waals surface area (Å²) in [5, 5.41) is 5.47. The molecule has 2 aromatic rings. The highest BCUT2D eigenvalue weighted by atomic mass is 16.5. The SMILES string of the molecule is COc1ccc(COC(=O)C2=C(C)NC(=O)N[C@H]2c2ccc(N(C)C)cc2)cc1. The lowest BCUT2D eigenvalue weighted by atomic mass is 9.95. The molecule has 0 fully saturated rings. The lowest BCUT2D eigenvalue weighted by Crippen LogP contribution is -2.45. The standard InChI is InChI=1S/C22H25N3O4/c1-14-19(21(26)29-13-15-5-11-18(28-4)12-6-15)20(24-22(27)23-14)16-7-9-17(10-8-16)25(2)3/h5-12,20H,13H2,1-4H3,(H2,23,24,27)/t20-/m0/s1. The summed E-state index contributed by atoms with van der Waals surface area (Å²) in [6, 6.07) is 14.1. The first kappa shape index (κ1) is 20.3. The third-order valence-electron chi connectivity index (χ3n) is 4.76. The van der Waals surface area contributed by atoms with Crippen molar-refractivity contribution in [2.45, 2.75) is 19.6 Å². The normalized spacial score (nSPS) is 16.0. The fraction of sp³-hybridized carbons (Fsp3) is 0.273. The van der Waals surface area contributed by atoms with Gasteiger partial charge in [-0.1, -0.05) is 24.3 Å². The van der Waals surface area contributed by atoms with E-state index >= 15 is 0 Å². The maximum Gasteiger partial charge on any atom is 0.338 e. The molecule has 0 unspecified atom stereocenters. The molecule has 2 N–H and O–H groups in total. The van der Waals surface area contributed by atoms with Gasteiger partial charge in [-0.2, -0.15) is 0 Å². The van der Waals surface area contributed by atoms with Gasteiger partial charge in [0.25, 0.3) is 0 Å². The smallest absolute Gasteiger partial charge is 0.338 e. The van der Waals surface area contributed by atoms with E-state index in [-0.39, 0.29) is 12.6 Å². The number of hydrogen-bond donors (Lipinski definition) is 2. The monoisotopic (exact) mass is 395 g/mol. The molecule has 0 radical (unpaired) electrons. The van der Waals surface area contributed by atoms with Crippen molar-refractivity contribution in [3.8, 4) is 5.75 Å². The number of benzene rings is 2. The van der Waals surface area contributed by atoms with Crippen molar-refractivity contribution in [2.75, 3.05) is 26.1 Å². The minimum Gasteiger partial charge on any atom is -0.497 e. The van der Waals surface area contributed by atoms with E-state index in [1.807, 2.05) is 67.5 Å². The fourth-order valence-electron chi connectivity index (χ4n) is 3.13. The minimum absolute atomic E-state index is 0.125. The Hall–Kier alpha value is -3.48. The number of urea groups is 1. The van der Waals surface area contributed by atoms with Gasteiger partial charge in [0.2, 0.25) is 0 Å². The number of allylic oxidation sites excluding steroid dienone is 1. The van der Waals surface area contributed by atoms with Crippen molar-refractivity contribution >= 4 is 17.7 Å². The molecular weight excluding hydrogens is 370 g/mol. The Morgan fingerprint density at radius 1 is 1.07 bits per heavy atom. The molecule has 1 aliphatic rings. The molecule has 7 nitrogen and oxygen atoms in total. The van der Waals surface area contributed by atoms with Crippen LogP contribution in [0.3, 0.4) is 0 Å². The van der Waals surface area contributed by atoms with Crippen molar-refractivity contribution in [2.24, 2.45) is 0 Å². The maximum atomic E-state index is 12.9. The summed E-state index contributed by atoms with van der Waals surface area (Å²) >= 11 is 0. The van der Waals surface area contributed by atoms with Gasteiger partial charge in [0, 0.05) is 25.5 Å². The van der Waals surface area contributed by atoms with Crippen LogP contribution in [0.15, 0.2) is 59.8 Å². The van der Waals surface area contributed by atoms with Gasteiger partial charge in [0.05, 0.1) is 18.7 Å². The van der Waals surface area contributed by atoms with E-state index in [4.69, 9.17) is 9.47 Å². The molecule has 1 heterocycles. The van der Waals surface area contributed by atoms with Crippen LogP contribution in [0.5, 0.6) is 5.75 Å². The second-order valence-corrected chi connectivity index (χ2v) is 6.98. The number of methoxy groups -OCH3 is 1. The number of ether oxygens (including phenoxy) is 2. The Morgan fingerprint density at radius 3 is 2.31 bits per heavy atom. The summed E-state index contributed by atoms with van der Waals surface area (Å²) in [5.74, 6) is 0.256. The second-order valence-electron chi connectivity index (χ2n) is 6.98. The third-order valence-corrected chi connectivity index (χ3v) is 4.76. The number of anilines is 1. The number of esters is 1. The summed E-state index contributed by atoms with van der Waals surface area (Å²) in [6.07, 6.45) is 0. The summed E-state index contributed by atoms with van der Waals surface area (Å²) in [5.41, 5.74) is 3.54. The van der Waals surface area contributed by atoms with Crippen LogP contribution in [-0.2, 0) is 16.1 Å². The van der Waals surface area contributed by atoms with E-state index in [0.29, 0.717) is 11.3 Å². The third kappa shape index (κ3) is 4.68. The molecule has 0 aromatic heterocycles. The molecule has 0 bridgehead atoms. The molecule has 1 atom stereocenters. The van der Waals surface area contributed by atoms with Crippen molar-refractivity contribution in [3.63, 3.8) is 0 Å². The Labute approximate surface area is 170 Å². The van der Waals surface area contributed by atoms with Gasteiger partial charge in [0.1, 0.15) is 12.4 Å². The minimum atomic E-state index is -0.580. The van der Waals surface area contributed by atoms with Crippen LogP contribution in [0.1, 0.15) is 24.1 Å². The van der Waals surface area contributed by atoms with Crippen molar-refractivity contribution in [1.82, 2.24) is 10.6 Å². The van der Waals surface area contributed by atoms with Crippen LogP contribution in [0.4, 0.5) is 10.5 Å². The topological polar surface area (TPSA) is 79.9 Å². The first-order chi connectivity index (χ1) is 13.9. The van der Waals surface area contributed by atoms with E-state index in [9.17, 15) is 9.59 Å². The fourth-order valence-corrected chi connectivity index (χ4v) is 3.13. The first-order valence-electron chi connectivity index (χ1n) is 9.24. The number of carbonyl (C=O) groups excluding carboxylic acids is 2. The van der Waals surface area contributed by atoms with E-state index < -0.39 is 12.0 Å². The van der Waals surface area contributed by atoms with Crippen LogP contribution in [0.25, 0.3) is 0 Å². The number of nitrogens with zero attached hydrogens (tertiary/aromatic N) is 1. The average Bonchev–Trinajstić information content (AvgIpc) is 2.72. The van der Waals surface area contributed by atoms with Crippen LogP contribution in [0, 0.1) is 0 Å². The van der Waals surface area contributed by atoms with E-state index in [1.165, 1.54) is 0 Å². The van der Waals surface area contributed by atoms with E-state index in [1.54, 1.807) is 14.0 Å². The van der Waals surface area contributed by atoms with Crippen LogP contribution in [-0.4, -0.2) is 33.2 Å². The Bertz CT molecular complexity index is 918. The lowest BCUT2D eigenvalue weighted by molar-refractivity contribution is -0.140. The van der Waals surface area contributed by atoms with Gasteiger partial charge in [-0.05, 0) is 42.3 Å². The van der Waals surface area contributed by atoms with Crippen molar-refractivity contribution in [1.29, 1.82) is 0 Å². The highest BCUT2D eigenvalue weighted by molar-refractivity contribution is 5.95. The zero-order chi connectivity index (χ0) is 21.0. The lowest BCUT2D eigenvalue weighted by Gasteiger charge is -2.28. The van der Waals surface area contributed by atoms with E-state index in [2.05, 4.69) is 10.6 Å². The molecule has 1 aliphatic heterocycles. The summed E-state index contributed by atoms with van der Waals surface area (Å²) in [6.45, 7) is 1.82. The predicted molar refractivity (Wildman–Crippen MR) is 111 cm³/mol. The molecule has 29 heavy (non-hydrogen) atoms. The Kier molecular flexibility index (Phi) is 6.07. The molecule has 2 aromatic carbocycles. The van der Waals surface area contributed by atoms with Gasteiger partial charge in [-0.25, -0.2) is 9.59 Å². The number of nitrogens with one attached hydrogen (secondary N) is 2. The van der Waals surface area contributed by atoms with Gasteiger partial charge in [0.15, 0.2) is 0 Å². The van der Waals surface area contributed by atoms with Crippen molar-refractivity contribution < 1.29 is 19.1 Å². The molecule has 0 saturated carbocycles. The molecule has 152 valence electrons. The molecule has 3 rings (SSSR count). The van der Waals surface area contributed by atoms with Crippen LogP contribution < -0.4 is 20.3 Å². The quantitative estimate of drug-likeness (QED) is 0.735. The van der Waals surface area contributed by atoms with Gasteiger partial charge in [-0.15, -0.1) is 0 Å². The first-order valence-corrected chi connectivity index (χ1v) is 9.24. The van der Waals surface area contributed by atoms with Crippen LogP contribution in [0.2, 0.25) is 0 Å². The molecule has 7 heteroatoms. The van der Waals surface area contributed by atoms with Gasteiger partial charge in [-0.3, -0.25) is 0 Å². The highest BCUT2D eigenvalue weighted by Gasteiger charge is 2.32. The molecule has 0 spiro atoms.